The average molecular weight is 602 g/mol. The van der Waals surface area contributed by atoms with Crippen LogP contribution in [0.1, 0.15) is 18.4 Å². The molecule has 0 spiro atoms. The molecule has 0 atom stereocenters. The maximum absolute atomic E-state index is 14.1. The first-order chi connectivity index (χ1) is 16.9. The summed E-state index contributed by atoms with van der Waals surface area (Å²) in [5, 5.41) is 5.53. The summed E-state index contributed by atoms with van der Waals surface area (Å²) in [5.74, 6) is -0.239. The number of likely N-dealkylation sites (N-methyl/N-ethyl adjacent to an activating group) is 1. The van der Waals surface area contributed by atoms with E-state index >= 15 is 0 Å². The number of benzene rings is 1. The predicted molar refractivity (Wildman–Crippen MR) is 137 cm³/mol. The molecule has 0 unspecified atom stereocenters. The third-order valence-electron chi connectivity index (χ3n) is 7.99. The van der Waals surface area contributed by atoms with Gasteiger partial charge in [0.1, 0.15) is 5.82 Å². The third-order valence-corrected chi connectivity index (χ3v) is 7.99. The van der Waals surface area contributed by atoms with Crippen LogP contribution in [0.3, 0.4) is 0 Å². The Morgan fingerprint density at radius 3 is 2.47 bits per heavy atom. The maximum atomic E-state index is 14.1. The lowest BCUT2D eigenvalue weighted by atomic mass is 10.0. The standard InChI is InChI=1S/C27H33FN7.HI/c1-19-14-23-22(4-7-29-26(23)15-25(19)28)24-17-31-34-18-21(16-30-27(24)34)32-8-5-20(6-9-32)33-10-12-35(2,3)13-11-33;/h4,7,14-18,20H,5-6,8-13H2,1-3H3;1H/q+1;/p-1. The summed E-state index contributed by atoms with van der Waals surface area (Å²) in [6.07, 6.45) is 10.00. The molecule has 0 radical (unpaired) electrons. The van der Waals surface area contributed by atoms with Crippen molar-refractivity contribution in [3.05, 3.63) is 54.4 Å². The van der Waals surface area contributed by atoms with Crippen molar-refractivity contribution in [3.63, 3.8) is 0 Å². The molecule has 0 aliphatic carbocycles. The highest BCUT2D eigenvalue weighted by Gasteiger charge is 2.31. The van der Waals surface area contributed by atoms with Crippen LogP contribution in [0.15, 0.2) is 43.0 Å². The summed E-state index contributed by atoms with van der Waals surface area (Å²) in [6.45, 7) is 8.75. The van der Waals surface area contributed by atoms with Gasteiger partial charge in [0.05, 0.1) is 57.0 Å². The predicted octanol–water partition coefficient (Wildman–Crippen LogP) is 0.757. The molecule has 2 fully saturated rings. The Morgan fingerprint density at radius 2 is 1.72 bits per heavy atom. The van der Waals surface area contributed by atoms with E-state index in [4.69, 9.17) is 4.98 Å². The van der Waals surface area contributed by atoms with Crippen LogP contribution >= 0.6 is 0 Å². The molecule has 2 aliphatic rings. The van der Waals surface area contributed by atoms with Crippen molar-refractivity contribution in [2.75, 3.05) is 58.3 Å². The van der Waals surface area contributed by atoms with E-state index in [1.807, 2.05) is 29.0 Å². The first kappa shape index (κ1) is 25.3. The number of quaternary nitrogens is 1. The van der Waals surface area contributed by atoms with Gasteiger partial charge in [-0.1, -0.05) is 0 Å². The quantitative estimate of drug-likeness (QED) is 0.257. The fraction of sp³-hybridized carbons (Fsp3) is 0.444. The van der Waals surface area contributed by atoms with Crippen LogP contribution < -0.4 is 28.9 Å². The van der Waals surface area contributed by atoms with E-state index in [1.165, 1.54) is 45.1 Å². The van der Waals surface area contributed by atoms with Gasteiger partial charge in [0, 0.05) is 55.4 Å². The highest BCUT2D eigenvalue weighted by molar-refractivity contribution is 5.98. The Morgan fingerprint density at radius 1 is 0.972 bits per heavy atom. The van der Waals surface area contributed by atoms with Crippen molar-refractivity contribution in [2.45, 2.75) is 25.8 Å². The van der Waals surface area contributed by atoms with Gasteiger partial charge in [-0.2, -0.15) is 5.10 Å². The van der Waals surface area contributed by atoms with Gasteiger partial charge in [-0.05, 0) is 43.0 Å². The SMILES string of the molecule is Cc1cc2c(-c3cnn4cc(N5CCC(N6CC[N+](C)(C)CC6)CC5)cnc34)ccnc2cc1F.[I-]. The lowest BCUT2D eigenvalue weighted by Crippen LogP contribution is -3.00. The van der Waals surface area contributed by atoms with E-state index < -0.39 is 0 Å². The molecule has 2 saturated heterocycles. The van der Waals surface area contributed by atoms with E-state index in [1.54, 1.807) is 13.1 Å². The molecule has 0 N–H and O–H groups in total. The molecular formula is C27H33FIN7. The minimum Gasteiger partial charge on any atom is -1.00 e. The van der Waals surface area contributed by atoms with Crippen LogP contribution in [0.5, 0.6) is 0 Å². The number of fused-ring (bicyclic) bond motifs is 2. The van der Waals surface area contributed by atoms with Crippen LogP contribution in [0.4, 0.5) is 10.1 Å². The minimum atomic E-state index is -0.239. The first-order valence-electron chi connectivity index (χ1n) is 12.6. The number of hydrogen-bond donors (Lipinski definition) is 0. The number of piperidine rings is 1. The summed E-state index contributed by atoms with van der Waals surface area (Å²) in [7, 11) is 4.67. The van der Waals surface area contributed by atoms with Crippen LogP contribution in [-0.4, -0.2) is 88.4 Å². The van der Waals surface area contributed by atoms with Gasteiger partial charge in [0.2, 0.25) is 0 Å². The number of nitrogens with zero attached hydrogens (tertiary/aromatic N) is 7. The van der Waals surface area contributed by atoms with Gasteiger partial charge in [-0.25, -0.2) is 13.9 Å². The zero-order chi connectivity index (χ0) is 24.2. The monoisotopic (exact) mass is 601 g/mol. The molecule has 1 aromatic carbocycles. The van der Waals surface area contributed by atoms with Gasteiger partial charge >= 0.3 is 0 Å². The number of rotatable bonds is 3. The number of anilines is 1. The first-order valence-corrected chi connectivity index (χ1v) is 12.6. The zero-order valence-corrected chi connectivity index (χ0v) is 23.3. The number of piperazine rings is 1. The topological polar surface area (TPSA) is 49.6 Å². The second-order valence-electron chi connectivity index (χ2n) is 10.8. The van der Waals surface area contributed by atoms with Crippen LogP contribution in [0.2, 0.25) is 0 Å². The normalized spacial score (nSPS) is 19.1. The maximum Gasteiger partial charge on any atom is 0.162 e. The lowest BCUT2D eigenvalue weighted by molar-refractivity contribution is -0.894. The molecule has 36 heavy (non-hydrogen) atoms. The van der Waals surface area contributed by atoms with Gasteiger partial charge in [-0.15, -0.1) is 0 Å². The molecule has 5 heterocycles. The van der Waals surface area contributed by atoms with Crippen molar-refractivity contribution in [2.24, 2.45) is 0 Å². The average Bonchev–Trinajstić information content (AvgIpc) is 3.28. The zero-order valence-electron chi connectivity index (χ0n) is 21.2. The van der Waals surface area contributed by atoms with Crippen LogP contribution in [-0.2, 0) is 0 Å². The number of hydrogen-bond acceptors (Lipinski definition) is 5. The van der Waals surface area contributed by atoms with Crippen molar-refractivity contribution in [1.82, 2.24) is 24.5 Å². The summed E-state index contributed by atoms with van der Waals surface area (Å²) < 4.78 is 17.1. The molecule has 190 valence electrons. The van der Waals surface area contributed by atoms with Crippen molar-refractivity contribution < 1.29 is 32.9 Å². The molecule has 0 bridgehead atoms. The van der Waals surface area contributed by atoms with Crippen molar-refractivity contribution in [3.8, 4) is 11.1 Å². The lowest BCUT2D eigenvalue weighted by Gasteiger charge is -2.44. The number of aryl methyl sites for hydroxylation is 1. The largest absolute Gasteiger partial charge is 1.00 e. The van der Waals surface area contributed by atoms with E-state index in [2.05, 4.69) is 40.2 Å². The summed E-state index contributed by atoms with van der Waals surface area (Å²) in [6, 6.07) is 6.00. The summed E-state index contributed by atoms with van der Waals surface area (Å²) in [4.78, 5) is 14.3. The second kappa shape index (κ2) is 9.83. The van der Waals surface area contributed by atoms with E-state index in [9.17, 15) is 4.39 Å². The summed E-state index contributed by atoms with van der Waals surface area (Å²) in [5.41, 5.74) is 5.05. The minimum absolute atomic E-state index is 0. The third kappa shape index (κ3) is 4.68. The fourth-order valence-corrected chi connectivity index (χ4v) is 5.60. The number of pyridine rings is 1. The van der Waals surface area contributed by atoms with Crippen LogP contribution in [0.25, 0.3) is 27.7 Å². The van der Waals surface area contributed by atoms with Crippen molar-refractivity contribution >= 4 is 22.2 Å². The number of aromatic nitrogens is 4. The molecule has 7 nitrogen and oxygen atoms in total. The Bertz CT molecular complexity index is 1380. The molecule has 0 saturated carbocycles. The molecule has 4 aromatic rings. The molecule has 9 heteroatoms. The molecule has 6 rings (SSSR count). The van der Waals surface area contributed by atoms with E-state index in [0.29, 0.717) is 17.1 Å². The van der Waals surface area contributed by atoms with Crippen molar-refractivity contribution in [1.29, 1.82) is 0 Å². The Labute approximate surface area is 228 Å². The smallest absolute Gasteiger partial charge is 0.162 e. The second-order valence-corrected chi connectivity index (χ2v) is 10.8. The van der Waals surface area contributed by atoms with Gasteiger partial charge < -0.3 is 33.4 Å². The van der Waals surface area contributed by atoms with Gasteiger partial charge in [-0.3, -0.25) is 9.88 Å². The number of halogens is 2. The Balaban J connectivity index is 0.00000267. The Hall–Kier alpha value is -2.37. The molecule has 3 aromatic heterocycles. The Kier molecular flexibility index (Phi) is 6.90. The fourth-order valence-electron chi connectivity index (χ4n) is 5.60. The molecular weight excluding hydrogens is 568 g/mol. The van der Waals surface area contributed by atoms with E-state index in [0.717, 1.165) is 45.4 Å². The molecule has 2 aliphatic heterocycles. The summed E-state index contributed by atoms with van der Waals surface area (Å²) >= 11 is 0. The molecule has 0 amide bonds. The van der Waals surface area contributed by atoms with Gasteiger partial charge in [0.15, 0.2) is 5.65 Å². The van der Waals surface area contributed by atoms with Crippen LogP contribution in [0, 0.1) is 12.7 Å². The van der Waals surface area contributed by atoms with E-state index in [-0.39, 0.29) is 29.8 Å². The van der Waals surface area contributed by atoms with Gasteiger partial charge in [0.25, 0.3) is 0 Å². The highest BCUT2D eigenvalue weighted by Crippen LogP contribution is 2.32. The highest BCUT2D eigenvalue weighted by atomic mass is 127.